The first-order valence-corrected chi connectivity index (χ1v) is 5.90. The van der Waals surface area contributed by atoms with Crippen LogP contribution in [0.2, 0.25) is 0 Å². The van der Waals surface area contributed by atoms with E-state index < -0.39 is 12.2 Å². The molecule has 1 saturated heterocycles. The standard InChI is InChI=1S/C11H19NO4/c13-7-9(14)5-10-11(15)12(3-4-16-10)6-8-1-2-8/h8-10,13-14H,1-7H2/t9-,10?/m1/s1. The highest BCUT2D eigenvalue weighted by molar-refractivity contribution is 5.81. The molecule has 0 bridgehead atoms. The van der Waals surface area contributed by atoms with Gasteiger partial charge in [0.1, 0.15) is 6.10 Å². The van der Waals surface area contributed by atoms with Crippen LogP contribution in [0.15, 0.2) is 0 Å². The van der Waals surface area contributed by atoms with Crippen molar-refractivity contribution in [3.63, 3.8) is 0 Å². The van der Waals surface area contributed by atoms with E-state index >= 15 is 0 Å². The third kappa shape index (κ3) is 2.93. The summed E-state index contributed by atoms with van der Waals surface area (Å²) < 4.78 is 5.33. The third-order valence-electron chi connectivity index (χ3n) is 3.14. The van der Waals surface area contributed by atoms with Gasteiger partial charge in [-0.1, -0.05) is 0 Å². The van der Waals surface area contributed by atoms with E-state index in [1.165, 1.54) is 12.8 Å². The van der Waals surface area contributed by atoms with Crippen LogP contribution in [-0.4, -0.2) is 59.5 Å². The number of hydrogen-bond donors (Lipinski definition) is 2. The Morgan fingerprint density at radius 1 is 1.50 bits per heavy atom. The number of aliphatic hydroxyl groups is 2. The van der Waals surface area contributed by atoms with Crippen molar-refractivity contribution in [1.82, 2.24) is 4.90 Å². The minimum atomic E-state index is -0.866. The van der Waals surface area contributed by atoms with Crippen LogP contribution in [-0.2, 0) is 9.53 Å². The van der Waals surface area contributed by atoms with Crippen LogP contribution >= 0.6 is 0 Å². The highest BCUT2D eigenvalue weighted by atomic mass is 16.5. The zero-order valence-electron chi connectivity index (χ0n) is 9.34. The summed E-state index contributed by atoms with van der Waals surface area (Å²) in [6.07, 6.45) is 1.18. The summed E-state index contributed by atoms with van der Waals surface area (Å²) in [5.41, 5.74) is 0. The molecule has 1 unspecified atom stereocenters. The first-order valence-electron chi connectivity index (χ1n) is 5.90. The van der Waals surface area contributed by atoms with E-state index in [2.05, 4.69) is 0 Å². The Bertz CT molecular complexity index is 254. The Hall–Kier alpha value is -0.650. The van der Waals surface area contributed by atoms with Gasteiger partial charge in [0.05, 0.1) is 19.3 Å². The molecular formula is C11H19NO4. The lowest BCUT2D eigenvalue weighted by molar-refractivity contribution is -0.156. The first kappa shape index (κ1) is 11.8. The lowest BCUT2D eigenvalue weighted by Gasteiger charge is -2.33. The van der Waals surface area contributed by atoms with E-state index in [9.17, 15) is 9.90 Å². The summed E-state index contributed by atoms with van der Waals surface area (Å²) in [7, 11) is 0. The van der Waals surface area contributed by atoms with Gasteiger partial charge >= 0.3 is 0 Å². The van der Waals surface area contributed by atoms with Crippen molar-refractivity contribution < 1.29 is 19.7 Å². The molecule has 0 spiro atoms. The molecule has 1 aliphatic heterocycles. The number of ether oxygens (including phenoxy) is 1. The minimum absolute atomic E-state index is 0.0364. The fourth-order valence-electron chi connectivity index (χ4n) is 1.97. The normalized spacial score (nSPS) is 28.2. The number of aliphatic hydroxyl groups excluding tert-OH is 2. The quantitative estimate of drug-likeness (QED) is 0.658. The van der Waals surface area contributed by atoms with Gasteiger partial charge in [0.15, 0.2) is 0 Å². The molecule has 0 aromatic heterocycles. The van der Waals surface area contributed by atoms with Gasteiger partial charge in [0, 0.05) is 19.5 Å². The largest absolute Gasteiger partial charge is 0.394 e. The number of rotatable bonds is 5. The third-order valence-corrected chi connectivity index (χ3v) is 3.14. The van der Waals surface area contributed by atoms with Crippen LogP contribution in [0.5, 0.6) is 0 Å². The smallest absolute Gasteiger partial charge is 0.251 e. The molecule has 92 valence electrons. The monoisotopic (exact) mass is 229 g/mol. The number of hydrogen-bond acceptors (Lipinski definition) is 4. The van der Waals surface area contributed by atoms with Gasteiger partial charge in [-0.3, -0.25) is 4.79 Å². The topological polar surface area (TPSA) is 70.0 Å². The van der Waals surface area contributed by atoms with Gasteiger partial charge in [0.25, 0.3) is 5.91 Å². The molecule has 1 amide bonds. The van der Waals surface area contributed by atoms with Crippen LogP contribution in [0.1, 0.15) is 19.3 Å². The molecule has 2 aliphatic rings. The van der Waals surface area contributed by atoms with Crippen LogP contribution in [0.25, 0.3) is 0 Å². The predicted molar refractivity (Wildman–Crippen MR) is 56.8 cm³/mol. The van der Waals surface area contributed by atoms with E-state index in [1.807, 2.05) is 4.90 Å². The molecule has 0 radical (unpaired) electrons. The zero-order valence-corrected chi connectivity index (χ0v) is 9.34. The van der Waals surface area contributed by atoms with Crippen LogP contribution in [0.3, 0.4) is 0 Å². The van der Waals surface area contributed by atoms with Gasteiger partial charge in [-0.25, -0.2) is 0 Å². The summed E-state index contributed by atoms with van der Waals surface area (Å²) >= 11 is 0. The van der Waals surface area contributed by atoms with E-state index in [4.69, 9.17) is 9.84 Å². The molecule has 0 aromatic carbocycles. The highest BCUT2D eigenvalue weighted by Gasteiger charge is 2.34. The maximum atomic E-state index is 11.9. The van der Waals surface area contributed by atoms with Gasteiger partial charge in [-0.05, 0) is 18.8 Å². The van der Waals surface area contributed by atoms with Crippen molar-refractivity contribution in [1.29, 1.82) is 0 Å². The second-order valence-corrected chi connectivity index (χ2v) is 4.66. The summed E-state index contributed by atoms with van der Waals surface area (Å²) in [4.78, 5) is 13.8. The molecule has 1 aliphatic carbocycles. The molecule has 16 heavy (non-hydrogen) atoms. The van der Waals surface area contributed by atoms with Crippen LogP contribution in [0.4, 0.5) is 0 Å². The summed E-state index contributed by atoms with van der Waals surface area (Å²) in [5, 5.41) is 18.1. The van der Waals surface area contributed by atoms with E-state index in [1.54, 1.807) is 0 Å². The molecule has 2 fully saturated rings. The molecule has 1 saturated carbocycles. The van der Waals surface area contributed by atoms with E-state index in [0.29, 0.717) is 19.1 Å². The Labute approximate surface area is 95.0 Å². The van der Waals surface area contributed by atoms with Crippen LogP contribution < -0.4 is 0 Å². The summed E-state index contributed by atoms with van der Waals surface area (Å²) in [5.74, 6) is 0.635. The number of nitrogens with zero attached hydrogens (tertiary/aromatic N) is 1. The van der Waals surface area contributed by atoms with Crippen molar-refractivity contribution >= 4 is 5.91 Å². The Morgan fingerprint density at radius 3 is 2.88 bits per heavy atom. The van der Waals surface area contributed by atoms with Crippen molar-refractivity contribution in [2.24, 2.45) is 5.92 Å². The average molecular weight is 229 g/mol. The van der Waals surface area contributed by atoms with Gasteiger partial charge < -0.3 is 19.8 Å². The summed E-state index contributed by atoms with van der Waals surface area (Å²) in [6, 6.07) is 0. The molecule has 2 N–H and O–H groups in total. The maximum absolute atomic E-state index is 11.9. The molecule has 5 nitrogen and oxygen atoms in total. The number of carbonyl (C=O) groups excluding carboxylic acids is 1. The average Bonchev–Trinajstić information content (AvgIpc) is 3.07. The van der Waals surface area contributed by atoms with E-state index in [0.717, 1.165) is 6.54 Å². The molecule has 0 aromatic rings. The number of amides is 1. The Kier molecular flexibility index (Phi) is 3.78. The molecule has 5 heteroatoms. The van der Waals surface area contributed by atoms with Crippen molar-refractivity contribution in [3.05, 3.63) is 0 Å². The minimum Gasteiger partial charge on any atom is -0.394 e. The number of carbonyl (C=O) groups is 1. The maximum Gasteiger partial charge on any atom is 0.251 e. The van der Waals surface area contributed by atoms with Gasteiger partial charge in [-0.2, -0.15) is 0 Å². The highest BCUT2D eigenvalue weighted by Crippen LogP contribution is 2.30. The van der Waals surface area contributed by atoms with Crippen molar-refractivity contribution in [3.8, 4) is 0 Å². The molecule has 2 atom stereocenters. The lowest BCUT2D eigenvalue weighted by Crippen LogP contribution is -2.49. The molecule has 2 rings (SSSR count). The van der Waals surface area contributed by atoms with E-state index in [-0.39, 0.29) is 18.9 Å². The zero-order chi connectivity index (χ0) is 11.5. The Balaban J connectivity index is 1.85. The second kappa shape index (κ2) is 5.12. The molecule has 1 heterocycles. The number of morpholine rings is 1. The van der Waals surface area contributed by atoms with Gasteiger partial charge in [0.2, 0.25) is 0 Å². The first-order chi connectivity index (χ1) is 7.70. The summed E-state index contributed by atoms with van der Waals surface area (Å²) in [6.45, 7) is 1.69. The predicted octanol–water partition coefficient (Wildman–Crippen LogP) is -0.633. The van der Waals surface area contributed by atoms with Crippen molar-refractivity contribution in [2.45, 2.75) is 31.5 Å². The fourth-order valence-corrected chi connectivity index (χ4v) is 1.97. The lowest BCUT2D eigenvalue weighted by atomic mass is 10.1. The van der Waals surface area contributed by atoms with Crippen LogP contribution in [0, 0.1) is 5.92 Å². The second-order valence-electron chi connectivity index (χ2n) is 4.66. The van der Waals surface area contributed by atoms with Crippen molar-refractivity contribution in [2.75, 3.05) is 26.3 Å². The molecular weight excluding hydrogens is 210 g/mol. The fraction of sp³-hybridized carbons (Fsp3) is 0.909. The Morgan fingerprint density at radius 2 is 2.25 bits per heavy atom. The SMILES string of the molecule is O=C1C(C[C@@H](O)CO)OCCN1CC1CC1. The van der Waals surface area contributed by atoms with Gasteiger partial charge in [-0.15, -0.1) is 0 Å².